The van der Waals surface area contributed by atoms with Crippen LogP contribution in [0.2, 0.25) is 0 Å². The van der Waals surface area contributed by atoms with E-state index in [2.05, 4.69) is 48.2 Å². The Balaban J connectivity index is 0.920. The Hall–Kier alpha value is -3.41. The molecule has 10 nitrogen and oxygen atoms in total. The molecular weight excluding hydrogens is 499 g/mol. The number of pyridine rings is 2. The fourth-order valence-electron chi connectivity index (χ4n) is 6.91. The predicted octanol–water partition coefficient (Wildman–Crippen LogP) is 2.97. The van der Waals surface area contributed by atoms with Gasteiger partial charge in [-0.15, -0.1) is 5.10 Å². The van der Waals surface area contributed by atoms with Gasteiger partial charge in [0, 0.05) is 50.2 Å². The van der Waals surface area contributed by atoms with E-state index >= 15 is 0 Å². The van der Waals surface area contributed by atoms with Crippen LogP contribution in [0, 0.1) is 5.41 Å². The summed E-state index contributed by atoms with van der Waals surface area (Å²) in [4.78, 5) is 11.5. The number of nitrogens with zero attached hydrogens (tertiary/aromatic N) is 7. The minimum atomic E-state index is -0.836. The molecule has 2 saturated heterocycles. The van der Waals surface area contributed by atoms with Gasteiger partial charge >= 0.3 is 0 Å². The highest BCUT2D eigenvalue weighted by Gasteiger charge is 2.68. The Morgan fingerprint density at radius 2 is 1.92 bits per heavy atom. The number of aromatic nitrogens is 6. The van der Waals surface area contributed by atoms with Crippen LogP contribution < -0.4 is 10.2 Å². The SMILES string of the molecule is FC12CC(CNCc3ccc4nc(Cn5cc(-c6cncc(N7CCC8(C7)OCCO8)c6)nn5)cn4c3)(C1)C2. The molecule has 6 heterocycles. The largest absolute Gasteiger partial charge is 0.365 e. The molecule has 1 N–H and O–H groups in total. The highest BCUT2D eigenvalue weighted by molar-refractivity contribution is 5.63. The van der Waals surface area contributed by atoms with Gasteiger partial charge in [0.15, 0.2) is 5.79 Å². The van der Waals surface area contributed by atoms with Crippen LogP contribution in [0.1, 0.15) is 36.9 Å². The van der Waals surface area contributed by atoms with Gasteiger partial charge in [-0.05, 0) is 42.4 Å². The van der Waals surface area contributed by atoms with E-state index in [1.165, 1.54) is 5.56 Å². The fraction of sp³-hybridized carbons (Fsp3) is 0.500. The maximum Gasteiger partial charge on any atom is 0.187 e. The van der Waals surface area contributed by atoms with Crippen LogP contribution in [-0.4, -0.2) is 73.7 Å². The van der Waals surface area contributed by atoms with Gasteiger partial charge in [-0.3, -0.25) is 4.98 Å². The Bertz CT molecular complexity index is 1520. The Kier molecular flexibility index (Phi) is 5.14. The topological polar surface area (TPSA) is 94.6 Å². The second-order valence-electron chi connectivity index (χ2n) is 11.8. The lowest BCUT2D eigenvalue weighted by Crippen LogP contribution is -2.67. The van der Waals surface area contributed by atoms with E-state index in [-0.39, 0.29) is 5.41 Å². The summed E-state index contributed by atoms with van der Waals surface area (Å²) in [6.45, 7) is 5.06. The summed E-state index contributed by atoms with van der Waals surface area (Å²) in [6.07, 6.45) is 12.8. The molecule has 9 rings (SSSR count). The number of rotatable bonds is 8. The molecular formula is C28H31FN8O2. The number of ether oxygens (including phenoxy) is 2. The maximum absolute atomic E-state index is 13.7. The number of halogens is 1. The highest BCUT2D eigenvalue weighted by atomic mass is 19.1. The molecule has 0 unspecified atom stereocenters. The lowest BCUT2D eigenvalue weighted by atomic mass is 9.42. The molecule has 1 spiro atoms. The van der Waals surface area contributed by atoms with Crippen molar-refractivity contribution in [3.05, 3.63) is 60.4 Å². The predicted molar refractivity (Wildman–Crippen MR) is 141 cm³/mol. The zero-order valence-electron chi connectivity index (χ0n) is 21.7. The molecule has 2 bridgehead atoms. The van der Waals surface area contributed by atoms with Crippen LogP contribution in [0.3, 0.4) is 0 Å². The number of imidazole rings is 1. The van der Waals surface area contributed by atoms with Crippen molar-refractivity contribution >= 4 is 11.3 Å². The molecule has 3 saturated carbocycles. The molecule has 0 radical (unpaired) electrons. The van der Waals surface area contributed by atoms with Gasteiger partial charge in [0.2, 0.25) is 0 Å². The minimum absolute atomic E-state index is 0.214. The number of hydrogen-bond acceptors (Lipinski definition) is 8. The summed E-state index contributed by atoms with van der Waals surface area (Å²) < 4.78 is 29.3. The van der Waals surface area contributed by atoms with E-state index in [0.29, 0.717) is 26.3 Å². The molecule has 0 amide bonds. The first-order chi connectivity index (χ1) is 19.0. The summed E-state index contributed by atoms with van der Waals surface area (Å²) in [7, 11) is 0. The first-order valence-corrected chi connectivity index (χ1v) is 13.7. The first-order valence-electron chi connectivity index (χ1n) is 13.7. The zero-order chi connectivity index (χ0) is 26.1. The molecule has 0 atom stereocenters. The summed E-state index contributed by atoms with van der Waals surface area (Å²) in [5.74, 6) is -0.472. The standard InChI is InChI=1S/C28H31FN8O2/c29-27-15-26(16-27,17-27)18-31-8-20-1-2-25-32-22(12-36(25)11-20)13-37-14-24(33-34-37)21-7-23(10-30-9-21)35-4-3-28(19-35)38-5-6-39-28/h1-2,7,9-12,14,31H,3-6,8,13,15-19H2. The van der Waals surface area contributed by atoms with Crippen LogP contribution in [0.25, 0.3) is 16.9 Å². The quantitative estimate of drug-likeness (QED) is 0.372. The number of alkyl halides is 1. The summed E-state index contributed by atoms with van der Waals surface area (Å²) in [5, 5.41) is 12.3. The molecule has 3 aliphatic carbocycles. The van der Waals surface area contributed by atoms with Gasteiger partial charge < -0.3 is 24.1 Å². The van der Waals surface area contributed by atoms with E-state index in [1.807, 2.05) is 30.9 Å². The van der Waals surface area contributed by atoms with Crippen molar-refractivity contribution < 1.29 is 13.9 Å². The van der Waals surface area contributed by atoms with Crippen molar-refractivity contribution in [1.29, 1.82) is 0 Å². The highest BCUT2D eigenvalue weighted by Crippen LogP contribution is 2.69. The van der Waals surface area contributed by atoms with Crippen molar-refractivity contribution in [2.45, 2.75) is 50.2 Å². The third-order valence-corrected chi connectivity index (χ3v) is 8.72. The lowest BCUT2D eigenvalue weighted by molar-refractivity contribution is -0.209. The maximum atomic E-state index is 13.7. The van der Waals surface area contributed by atoms with E-state index in [9.17, 15) is 4.39 Å². The molecule has 5 aliphatic rings. The van der Waals surface area contributed by atoms with Crippen molar-refractivity contribution in [3.8, 4) is 11.3 Å². The number of anilines is 1. The van der Waals surface area contributed by atoms with Gasteiger partial charge in [-0.25, -0.2) is 14.1 Å². The average Bonchev–Trinajstić information content (AvgIpc) is 3.71. The van der Waals surface area contributed by atoms with Gasteiger partial charge in [0.1, 0.15) is 17.0 Å². The van der Waals surface area contributed by atoms with Gasteiger partial charge in [-0.1, -0.05) is 11.3 Å². The van der Waals surface area contributed by atoms with Gasteiger partial charge in [-0.2, -0.15) is 0 Å². The normalized spacial score (nSPS) is 26.8. The third kappa shape index (κ3) is 4.19. The van der Waals surface area contributed by atoms with Crippen LogP contribution >= 0.6 is 0 Å². The molecule has 5 fully saturated rings. The smallest absolute Gasteiger partial charge is 0.187 e. The molecule has 11 heteroatoms. The van der Waals surface area contributed by atoms with E-state index in [0.717, 1.165) is 73.6 Å². The third-order valence-electron chi connectivity index (χ3n) is 8.72. The number of hydrogen-bond donors (Lipinski definition) is 1. The van der Waals surface area contributed by atoms with Crippen LogP contribution in [0.5, 0.6) is 0 Å². The zero-order valence-corrected chi connectivity index (χ0v) is 21.7. The minimum Gasteiger partial charge on any atom is -0.365 e. The summed E-state index contributed by atoms with van der Waals surface area (Å²) >= 11 is 0. The Morgan fingerprint density at radius 1 is 1.05 bits per heavy atom. The van der Waals surface area contributed by atoms with E-state index < -0.39 is 11.5 Å². The van der Waals surface area contributed by atoms with Crippen molar-refractivity contribution in [2.75, 3.05) is 37.7 Å². The van der Waals surface area contributed by atoms with Crippen molar-refractivity contribution in [1.82, 2.24) is 34.7 Å². The molecule has 4 aromatic rings. The van der Waals surface area contributed by atoms with Crippen molar-refractivity contribution in [2.24, 2.45) is 5.41 Å². The molecule has 202 valence electrons. The Morgan fingerprint density at radius 3 is 2.77 bits per heavy atom. The fourth-order valence-corrected chi connectivity index (χ4v) is 6.91. The van der Waals surface area contributed by atoms with E-state index in [4.69, 9.17) is 14.5 Å². The average molecular weight is 531 g/mol. The van der Waals surface area contributed by atoms with E-state index in [1.54, 1.807) is 4.68 Å². The van der Waals surface area contributed by atoms with Crippen LogP contribution in [0.4, 0.5) is 10.1 Å². The summed E-state index contributed by atoms with van der Waals surface area (Å²) in [6, 6.07) is 6.23. The monoisotopic (exact) mass is 530 g/mol. The first kappa shape index (κ1) is 23.5. The molecule has 39 heavy (non-hydrogen) atoms. The van der Waals surface area contributed by atoms with Gasteiger partial charge in [0.05, 0.1) is 50.1 Å². The number of nitrogens with one attached hydrogen (secondary N) is 1. The van der Waals surface area contributed by atoms with Gasteiger partial charge in [0.25, 0.3) is 0 Å². The van der Waals surface area contributed by atoms with Crippen LogP contribution in [0.15, 0.2) is 49.2 Å². The number of fused-ring (bicyclic) bond motifs is 1. The Labute approximate surface area is 225 Å². The van der Waals surface area contributed by atoms with Crippen molar-refractivity contribution in [3.63, 3.8) is 0 Å². The summed E-state index contributed by atoms with van der Waals surface area (Å²) in [5.41, 5.74) is 5.07. The second kappa shape index (κ2) is 8.54. The molecule has 2 aliphatic heterocycles. The lowest BCUT2D eigenvalue weighted by Gasteiger charge is -2.66. The molecule has 4 aromatic heterocycles. The second-order valence-corrected chi connectivity index (χ2v) is 11.8. The molecule has 0 aromatic carbocycles. The van der Waals surface area contributed by atoms with Crippen LogP contribution in [-0.2, 0) is 22.6 Å².